The lowest BCUT2D eigenvalue weighted by Crippen LogP contribution is -2.39. The topological polar surface area (TPSA) is 116 Å². The Labute approximate surface area is 249 Å². The van der Waals surface area contributed by atoms with Gasteiger partial charge in [-0.1, -0.05) is 56.3 Å². The molecule has 2 atom stereocenters. The molecule has 8 heteroatoms. The van der Waals surface area contributed by atoms with Crippen LogP contribution in [0.1, 0.15) is 92.1 Å². The highest BCUT2D eigenvalue weighted by Gasteiger charge is 2.46. The number of benzene rings is 1. The van der Waals surface area contributed by atoms with Gasteiger partial charge in [0.1, 0.15) is 19.3 Å². The molecule has 1 aromatic rings. The predicted molar refractivity (Wildman–Crippen MR) is 160 cm³/mol. The van der Waals surface area contributed by atoms with Gasteiger partial charge in [0.15, 0.2) is 0 Å². The largest absolute Gasteiger partial charge is 0.481 e. The molecule has 0 amide bonds. The molecule has 8 nitrogen and oxygen atoms in total. The molecule has 1 N–H and O–H groups in total. The molecule has 0 aliphatic heterocycles. The van der Waals surface area contributed by atoms with E-state index in [0.29, 0.717) is 5.57 Å². The minimum Gasteiger partial charge on any atom is -0.481 e. The van der Waals surface area contributed by atoms with Crippen LogP contribution in [0.2, 0.25) is 0 Å². The van der Waals surface area contributed by atoms with E-state index in [1.807, 2.05) is 30.3 Å². The molecular weight excluding hydrogens is 536 g/mol. The van der Waals surface area contributed by atoms with Crippen molar-refractivity contribution in [1.82, 2.24) is 0 Å². The van der Waals surface area contributed by atoms with Crippen molar-refractivity contribution in [2.75, 3.05) is 6.61 Å². The van der Waals surface area contributed by atoms with Crippen LogP contribution in [0.4, 0.5) is 0 Å². The van der Waals surface area contributed by atoms with Crippen LogP contribution in [-0.2, 0) is 40.0 Å². The Balaban J connectivity index is 2.64. The Morgan fingerprint density at radius 1 is 0.929 bits per heavy atom. The molecule has 0 saturated heterocycles. The summed E-state index contributed by atoms with van der Waals surface area (Å²) in [6.45, 7) is 13.1. The summed E-state index contributed by atoms with van der Waals surface area (Å²) < 4.78 is 16.8. The second-order valence-electron chi connectivity index (χ2n) is 11.5. The quantitative estimate of drug-likeness (QED) is 0.109. The Morgan fingerprint density at radius 3 is 2.10 bits per heavy atom. The van der Waals surface area contributed by atoms with E-state index < -0.39 is 34.7 Å². The number of carbonyl (C=O) groups excluding carboxylic acids is 3. The third kappa shape index (κ3) is 8.43. The summed E-state index contributed by atoms with van der Waals surface area (Å²) in [6.07, 6.45) is 5.86. The average Bonchev–Trinajstić information content (AvgIpc) is 3.00. The van der Waals surface area contributed by atoms with Crippen LogP contribution >= 0.6 is 0 Å². The maximum atomic E-state index is 14.0. The van der Waals surface area contributed by atoms with Crippen molar-refractivity contribution in [3.63, 3.8) is 0 Å². The Hall–Kier alpha value is -3.68. The van der Waals surface area contributed by atoms with Gasteiger partial charge in [0.25, 0.3) is 0 Å². The van der Waals surface area contributed by atoms with E-state index in [4.69, 9.17) is 14.2 Å². The van der Waals surface area contributed by atoms with Crippen molar-refractivity contribution in [1.29, 1.82) is 0 Å². The van der Waals surface area contributed by atoms with Crippen LogP contribution < -0.4 is 0 Å². The molecule has 0 radical (unpaired) electrons. The highest BCUT2D eigenvalue weighted by molar-refractivity contribution is 5.94. The summed E-state index contributed by atoms with van der Waals surface area (Å²) in [5, 5.41) is 10.3. The Morgan fingerprint density at radius 2 is 1.55 bits per heavy atom. The third-order valence-electron chi connectivity index (χ3n) is 8.65. The van der Waals surface area contributed by atoms with Crippen molar-refractivity contribution < 1.29 is 38.5 Å². The molecule has 1 fully saturated rings. The average molecular weight is 583 g/mol. The first kappa shape index (κ1) is 34.5. The first-order valence-corrected chi connectivity index (χ1v) is 14.6. The van der Waals surface area contributed by atoms with Gasteiger partial charge in [-0.2, -0.15) is 0 Å². The molecule has 0 heterocycles. The number of rotatable bonds is 14. The third-order valence-corrected chi connectivity index (χ3v) is 8.65. The van der Waals surface area contributed by atoms with Crippen molar-refractivity contribution in [2.45, 2.75) is 99.2 Å². The van der Waals surface area contributed by atoms with Crippen LogP contribution in [0, 0.1) is 10.8 Å². The summed E-state index contributed by atoms with van der Waals surface area (Å²) in [5.41, 5.74) is -1.30. The van der Waals surface area contributed by atoms with Crippen molar-refractivity contribution in [3.8, 4) is 0 Å². The number of ether oxygens (including phenoxy) is 3. The minimum absolute atomic E-state index is 0.0164. The molecule has 0 aromatic heterocycles. The minimum atomic E-state index is -1.51. The summed E-state index contributed by atoms with van der Waals surface area (Å²) >= 11 is 0. The second-order valence-corrected chi connectivity index (χ2v) is 11.5. The highest BCUT2D eigenvalue weighted by Crippen LogP contribution is 2.46. The number of aliphatic carboxylic acids is 1. The molecule has 0 bridgehead atoms. The number of hydrogen-bond donors (Lipinski definition) is 1. The maximum Gasteiger partial charge on any atom is 0.334 e. The van der Waals surface area contributed by atoms with E-state index in [-0.39, 0.29) is 48.9 Å². The van der Waals surface area contributed by atoms with Crippen molar-refractivity contribution >= 4 is 23.9 Å². The van der Waals surface area contributed by atoms with Gasteiger partial charge in [-0.05, 0) is 89.9 Å². The van der Waals surface area contributed by atoms with E-state index in [0.717, 1.165) is 37.7 Å². The van der Waals surface area contributed by atoms with Gasteiger partial charge in [-0.15, -0.1) is 0 Å². The summed E-state index contributed by atoms with van der Waals surface area (Å²) in [6, 6.07) is 9.16. The Bertz CT molecular complexity index is 1210. The maximum absolute atomic E-state index is 14.0. The molecule has 230 valence electrons. The lowest BCUT2D eigenvalue weighted by Gasteiger charge is -2.36. The second kappa shape index (κ2) is 15.5. The zero-order chi connectivity index (χ0) is 31.5. The number of esters is 3. The van der Waals surface area contributed by atoms with Gasteiger partial charge in [0.05, 0.1) is 10.8 Å². The number of hydrogen-bond acceptors (Lipinski definition) is 7. The van der Waals surface area contributed by atoms with E-state index in [9.17, 15) is 24.3 Å². The lowest BCUT2D eigenvalue weighted by molar-refractivity contribution is -0.155. The predicted octanol–water partition coefficient (Wildman–Crippen LogP) is 6.89. The molecule has 1 saturated carbocycles. The van der Waals surface area contributed by atoms with Crippen LogP contribution in [0.5, 0.6) is 0 Å². The molecule has 1 aliphatic rings. The van der Waals surface area contributed by atoms with Gasteiger partial charge in [0.2, 0.25) is 0 Å². The van der Waals surface area contributed by atoms with Gasteiger partial charge in [0, 0.05) is 11.1 Å². The first-order chi connectivity index (χ1) is 19.8. The highest BCUT2D eigenvalue weighted by atomic mass is 16.5. The molecule has 2 rings (SSSR count). The zero-order valence-corrected chi connectivity index (χ0v) is 25.9. The first-order valence-electron chi connectivity index (χ1n) is 14.6. The van der Waals surface area contributed by atoms with E-state index in [1.165, 1.54) is 19.9 Å². The molecule has 0 spiro atoms. The smallest absolute Gasteiger partial charge is 0.334 e. The Kier molecular flexibility index (Phi) is 12.8. The number of carboxylic acid groups (broad SMARTS) is 1. The standard InChI is InChI=1S/C34H46O8/c1-8-20-40-29(35)24(4)28(33(6,9-2)31(37)38)21-34(7,32(39)41-22-26-16-12-10-13-17-26)25(5)23(3)30(36)42-27-18-14-11-15-19-27/h8,10,12-13,16-17,27H,1,9,11,14-15,18-22H2,2-7H3,(H,37,38)/b25-23?,28-24-. The molecule has 2 unspecified atom stereocenters. The van der Waals surface area contributed by atoms with Gasteiger partial charge < -0.3 is 19.3 Å². The lowest BCUT2D eigenvalue weighted by atomic mass is 9.67. The molecule has 1 aromatic carbocycles. The fraction of sp³-hybridized carbons (Fsp3) is 0.529. The van der Waals surface area contributed by atoms with Crippen molar-refractivity contribution in [3.05, 3.63) is 70.8 Å². The van der Waals surface area contributed by atoms with E-state index in [1.54, 1.807) is 27.7 Å². The molecule has 1 aliphatic carbocycles. The van der Waals surface area contributed by atoms with Crippen LogP contribution in [0.3, 0.4) is 0 Å². The summed E-state index contributed by atoms with van der Waals surface area (Å²) in [5.74, 6) is -3.03. The van der Waals surface area contributed by atoms with Gasteiger partial charge in [-0.25, -0.2) is 9.59 Å². The zero-order valence-electron chi connectivity index (χ0n) is 25.9. The number of carboxylic acids is 1. The van der Waals surface area contributed by atoms with E-state index >= 15 is 0 Å². The number of carbonyl (C=O) groups is 4. The van der Waals surface area contributed by atoms with Crippen LogP contribution in [0.15, 0.2) is 65.3 Å². The summed E-state index contributed by atoms with van der Waals surface area (Å²) in [7, 11) is 0. The van der Waals surface area contributed by atoms with E-state index in [2.05, 4.69) is 6.58 Å². The molecular formula is C34H46O8. The van der Waals surface area contributed by atoms with Crippen LogP contribution in [0.25, 0.3) is 0 Å². The van der Waals surface area contributed by atoms with Crippen LogP contribution in [-0.4, -0.2) is 41.7 Å². The van der Waals surface area contributed by atoms with Gasteiger partial charge in [-0.3, -0.25) is 9.59 Å². The normalized spacial score (nSPS) is 17.9. The van der Waals surface area contributed by atoms with Crippen molar-refractivity contribution in [2.24, 2.45) is 10.8 Å². The van der Waals surface area contributed by atoms with Gasteiger partial charge >= 0.3 is 23.9 Å². The fourth-order valence-electron chi connectivity index (χ4n) is 5.18. The summed E-state index contributed by atoms with van der Waals surface area (Å²) in [4.78, 5) is 52.9. The fourth-order valence-corrected chi connectivity index (χ4v) is 5.18. The molecule has 42 heavy (non-hydrogen) atoms. The monoisotopic (exact) mass is 582 g/mol. The SMILES string of the molecule is C=CCOC(=O)/C(C)=C(/CC(C)(C(=O)OCc1ccccc1)C(C)=C(C)C(=O)OC1CCCCC1)C(C)(CC)C(=O)O.